The summed E-state index contributed by atoms with van der Waals surface area (Å²) in [6.07, 6.45) is 5.26. The van der Waals surface area contributed by atoms with E-state index in [4.69, 9.17) is 0 Å². The van der Waals surface area contributed by atoms with Gasteiger partial charge in [0, 0.05) is 38.6 Å². The molecule has 0 saturated carbocycles. The first kappa shape index (κ1) is 15.3. The molecule has 1 aromatic rings. The Morgan fingerprint density at radius 1 is 1.13 bits per heavy atom. The predicted octanol–water partition coefficient (Wildman–Crippen LogP) is 0.332. The van der Waals surface area contributed by atoms with Gasteiger partial charge in [0.1, 0.15) is 0 Å². The summed E-state index contributed by atoms with van der Waals surface area (Å²) in [5.41, 5.74) is 2.47. The molecule has 2 fully saturated rings. The number of nitrogens with one attached hydrogen (secondary N) is 1. The van der Waals surface area contributed by atoms with Gasteiger partial charge in [0.05, 0.1) is 5.69 Å². The number of hydrogen-bond acceptors (Lipinski definition) is 5. The molecule has 126 valence electrons. The second-order valence-corrected chi connectivity index (χ2v) is 8.51. The van der Waals surface area contributed by atoms with Crippen molar-refractivity contribution in [3.05, 3.63) is 17.3 Å². The summed E-state index contributed by atoms with van der Waals surface area (Å²) < 4.78 is 28.6. The van der Waals surface area contributed by atoms with Crippen LogP contribution in [0.25, 0.3) is 0 Å². The summed E-state index contributed by atoms with van der Waals surface area (Å²) in [5, 5.41) is 8.62. The number of nitrogens with zero attached hydrogens (tertiary/aromatic N) is 4. The average Bonchev–Trinajstić information content (AvgIpc) is 3.16. The van der Waals surface area contributed by atoms with E-state index >= 15 is 0 Å². The zero-order valence-electron chi connectivity index (χ0n) is 13.2. The second-order valence-electron chi connectivity index (χ2n) is 6.76. The fourth-order valence-electron chi connectivity index (χ4n) is 3.60. The van der Waals surface area contributed by atoms with Crippen LogP contribution in [0.3, 0.4) is 0 Å². The van der Waals surface area contributed by atoms with Gasteiger partial charge in [-0.2, -0.15) is 17.8 Å². The molecule has 7 nitrogen and oxygen atoms in total. The number of fused-ring (bicyclic) bond motifs is 1. The van der Waals surface area contributed by atoms with Crippen LogP contribution in [0.5, 0.6) is 0 Å². The second kappa shape index (κ2) is 5.99. The summed E-state index contributed by atoms with van der Waals surface area (Å²) in [6, 6.07) is 2.15. The zero-order chi connectivity index (χ0) is 15.9. The summed E-state index contributed by atoms with van der Waals surface area (Å²) >= 11 is 0. The topological polar surface area (TPSA) is 78.4 Å². The fraction of sp³-hybridized carbons (Fsp3) is 0.733. The van der Waals surface area contributed by atoms with Gasteiger partial charge in [0.15, 0.2) is 5.82 Å². The highest BCUT2D eigenvalue weighted by atomic mass is 32.2. The third-order valence-electron chi connectivity index (χ3n) is 5.05. The minimum absolute atomic E-state index is 0.349. The number of anilines is 1. The molecule has 0 bridgehead atoms. The van der Waals surface area contributed by atoms with Crippen molar-refractivity contribution < 1.29 is 8.42 Å². The van der Waals surface area contributed by atoms with Crippen molar-refractivity contribution in [1.82, 2.24) is 19.2 Å². The van der Waals surface area contributed by atoms with Gasteiger partial charge >= 0.3 is 0 Å². The highest BCUT2D eigenvalue weighted by Crippen LogP contribution is 2.27. The molecule has 3 heterocycles. The third kappa shape index (κ3) is 3.07. The number of rotatable bonds is 5. The summed E-state index contributed by atoms with van der Waals surface area (Å²) in [4.78, 5) is 2.18. The van der Waals surface area contributed by atoms with Crippen molar-refractivity contribution in [3.63, 3.8) is 0 Å². The maximum absolute atomic E-state index is 12.1. The van der Waals surface area contributed by atoms with Crippen LogP contribution < -0.4 is 9.62 Å². The van der Waals surface area contributed by atoms with Crippen molar-refractivity contribution in [2.24, 2.45) is 5.92 Å². The molecule has 2 saturated heterocycles. The molecule has 0 unspecified atom stereocenters. The van der Waals surface area contributed by atoms with Gasteiger partial charge in [0.25, 0.3) is 10.2 Å². The van der Waals surface area contributed by atoms with E-state index in [9.17, 15) is 8.42 Å². The molecule has 0 radical (unpaired) electrons. The minimum Gasteiger partial charge on any atom is -0.354 e. The van der Waals surface area contributed by atoms with E-state index < -0.39 is 10.2 Å². The number of aryl methyl sites for hydroxylation is 2. The first-order valence-electron chi connectivity index (χ1n) is 8.47. The van der Waals surface area contributed by atoms with Crippen molar-refractivity contribution in [2.75, 3.05) is 37.6 Å². The SMILES string of the molecule is O=S(=O)(NCC1CN(c2cc3c(nn2)CCC3)C1)N1CCCC1. The van der Waals surface area contributed by atoms with Crippen LogP contribution in [-0.2, 0) is 23.1 Å². The van der Waals surface area contributed by atoms with E-state index in [1.807, 2.05) is 0 Å². The molecule has 0 spiro atoms. The lowest BCUT2D eigenvalue weighted by molar-refractivity contribution is 0.392. The van der Waals surface area contributed by atoms with Crippen molar-refractivity contribution in [2.45, 2.75) is 32.1 Å². The van der Waals surface area contributed by atoms with Crippen LogP contribution in [-0.4, -0.2) is 55.6 Å². The molecule has 2 aliphatic heterocycles. The summed E-state index contributed by atoms with van der Waals surface area (Å²) in [5.74, 6) is 1.28. The zero-order valence-corrected chi connectivity index (χ0v) is 14.1. The van der Waals surface area contributed by atoms with Gasteiger partial charge in [-0.3, -0.25) is 0 Å². The van der Waals surface area contributed by atoms with Crippen molar-refractivity contribution in [3.8, 4) is 0 Å². The molecular weight excluding hydrogens is 314 g/mol. The normalized spacial score (nSPS) is 22.3. The maximum atomic E-state index is 12.1. The van der Waals surface area contributed by atoms with Crippen molar-refractivity contribution in [1.29, 1.82) is 0 Å². The Bertz CT molecular complexity index is 681. The van der Waals surface area contributed by atoms with Gasteiger partial charge in [-0.25, -0.2) is 4.72 Å². The van der Waals surface area contributed by atoms with Gasteiger partial charge in [-0.05, 0) is 43.7 Å². The number of hydrogen-bond donors (Lipinski definition) is 1. The Labute approximate surface area is 137 Å². The van der Waals surface area contributed by atoms with Crippen LogP contribution in [0.1, 0.15) is 30.5 Å². The van der Waals surface area contributed by atoms with Crippen LogP contribution in [0, 0.1) is 5.92 Å². The van der Waals surface area contributed by atoms with Crippen LogP contribution >= 0.6 is 0 Å². The number of aromatic nitrogens is 2. The molecule has 1 N–H and O–H groups in total. The van der Waals surface area contributed by atoms with E-state index in [-0.39, 0.29) is 0 Å². The average molecular weight is 337 g/mol. The monoisotopic (exact) mass is 337 g/mol. The molecular formula is C15H23N5O2S. The third-order valence-corrected chi connectivity index (χ3v) is 6.62. The molecule has 3 aliphatic rings. The summed E-state index contributed by atoms with van der Waals surface area (Å²) in [7, 11) is -3.28. The fourth-order valence-corrected chi connectivity index (χ4v) is 4.97. The van der Waals surface area contributed by atoms with Crippen LogP contribution in [0.15, 0.2) is 6.07 Å². The summed E-state index contributed by atoms with van der Waals surface area (Å²) in [6.45, 7) is 3.49. The van der Waals surface area contributed by atoms with E-state index in [1.54, 1.807) is 4.31 Å². The Hall–Kier alpha value is -1.25. The molecule has 0 amide bonds. The largest absolute Gasteiger partial charge is 0.354 e. The first-order valence-corrected chi connectivity index (χ1v) is 9.91. The molecule has 4 rings (SSSR count). The molecule has 1 aromatic heterocycles. The quantitative estimate of drug-likeness (QED) is 0.838. The Morgan fingerprint density at radius 3 is 2.70 bits per heavy atom. The lowest BCUT2D eigenvalue weighted by Crippen LogP contribution is -2.53. The lowest BCUT2D eigenvalue weighted by atomic mass is 10.0. The maximum Gasteiger partial charge on any atom is 0.279 e. The molecule has 0 aromatic carbocycles. The van der Waals surface area contributed by atoms with E-state index in [2.05, 4.69) is 25.9 Å². The van der Waals surface area contributed by atoms with Crippen LogP contribution in [0.2, 0.25) is 0 Å². The standard InChI is InChI=1S/C15H23N5O2S/c21-23(22,20-6-1-2-7-20)16-9-12-10-19(11-12)15-8-13-4-3-5-14(13)17-18-15/h8,12,16H,1-7,9-11H2. The van der Waals surface area contributed by atoms with Gasteiger partial charge in [-0.15, -0.1) is 5.10 Å². The van der Waals surface area contributed by atoms with Gasteiger partial charge < -0.3 is 4.90 Å². The van der Waals surface area contributed by atoms with Crippen molar-refractivity contribution >= 4 is 16.0 Å². The van der Waals surface area contributed by atoms with E-state index in [0.717, 1.165) is 50.3 Å². The predicted molar refractivity (Wildman–Crippen MR) is 87.5 cm³/mol. The van der Waals surface area contributed by atoms with Gasteiger partial charge in [-0.1, -0.05) is 0 Å². The molecule has 8 heteroatoms. The highest BCUT2D eigenvalue weighted by Gasteiger charge is 2.31. The lowest BCUT2D eigenvalue weighted by Gasteiger charge is -2.40. The molecule has 0 atom stereocenters. The smallest absolute Gasteiger partial charge is 0.279 e. The Balaban J connectivity index is 1.28. The van der Waals surface area contributed by atoms with Crippen LogP contribution in [0.4, 0.5) is 5.82 Å². The molecule has 1 aliphatic carbocycles. The van der Waals surface area contributed by atoms with E-state index in [0.29, 0.717) is 25.6 Å². The Morgan fingerprint density at radius 2 is 1.91 bits per heavy atom. The van der Waals surface area contributed by atoms with Gasteiger partial charge in [0.2, 0.25) is 0 Å². The Kier molecular flexibility index (Phi) is 3.98. The molecule has 23 heavy (non-hydrogen) atoms. The first-order chi connectivity index (χ1) is 11.1. The highest BCUT2D eigenvalue weighted by molar-refractivity contribution is 7.87. The van der Waals surface area contributed by atoms with E-state index in [1.165, 1.54) is 12.0 Å². The minimum atomic E-state index is -3.28.